The number of nitrogens with zero attached hydrogens (tertiary/aromatic N) is 1. The summed E-state index contributed by atoms with van der Waals surface area (Å²) in [6.45, 7) is 7.48. The SMILES string of the molecule is CC(C)c1cnc(C2(C)CCCCO2)s1. The minimum atomic E-state index is -0.115. The first-order valence-electron chi connectivity index (χ1n) is 5.72. The van der Waals surface area contributed by atoms with Crippen LogP contribution in [0.25, 0.3) is 0 Å². The van der Waals surface area contributed by atoms with Crippen molar-refractivity contribution in [3.05, 3.63) is 16.1 Å². The molecule has 15 heavy (non-hydrogen) atoms. The van der Waals surface area contributed by atoms with Crippen LogP contribution in [0.1, 0.15) is 55.8 Å². The highest BCUT2D eigenvalue weighted by Crippen LogP contribution is 2.38. The van der Waals surface area contributed by atoms with E-state index in [2.05, 4.69) is 25.8 Å². The van der Waals surface area contributed by atoms with Crippen LogP contribution in [0.3, 0.4) is 0 Å². The van der Waals surface area contributed by atoms with Crippen molar-refractivity contribution < 1.29 is 4.74 Å². The van der Waals surface area contributed by atoms with Gasteiger partial charge >= 0.3 is 0 Å². The minimum Gasteiger partial charge on any atom is -0.368 e. The van der Waals surface area contributed by atoms with E-state index in [-0.39, 0.29) is 5.60 Å². The largest absolute Gasteiger partial charge is 0.368 e. The molecule has 1 aromatic heterocycles. The highest BCUT2D eigenvalue weighted by Gasteiger charge is 2.33. The van der Waals surface area contributed by atoms with E-state index in [0.717, 1.165) is 18.0 Å². The Kier molecular flexibility index (Phi) is 3.12. The van der Waals surface area contributed by atoms with E-state index in [9.17, 15) is 0 Å². The monoisotopic (exact) mass is 225 g/mol. The predicted octanol–water partition coefficient (Wildman–Crippen LogP) is 3.68. The number of hydrogen-bond donors (Lipinski definition) is 0. The maximum atomic E-state index is 5.89. The lowest BCUT2D eigenvalue weighted by atomic mass is 9.97. The molecule has 1 saturated heterocycles. The molecule has 0 aromatic carbocycles. The zero-order valence-electron chi connectivity index (χ0n) is 9.75. The summed E-state index contributed by atoms with van der Waals surface area (Å²) in [7, 11) is 0. The summed E-state index contributed by atoms with van der Waals surface area (Å²) in [5.41, 5.74) is -0.115. The molecule has 0 aliphatic carbocycles. The van der Waals surface area contributed by atoms with Gasteiger partial charge < -0.3 is 4.74 Å². The molecule has 1 aromatic rings. The Morgan fingerprint density at radius 1 is 1.47 bits per heavy atom. The Hall–Kier alpha value is -0.410. The van der Waals surface area contributed by atoms with Crippen LogP contribution < -0.4 is 0 Å². The molecule has 1 atom stereocenters. The molecule has 0 radical (unpaired) electrons. The van der Waals surface area contributed by atoms with Crippen LogP contribution in [0, 0.1) is 0 Å². The molecule has 1 unspecified atom stereocenters. The molecule has 1 fully saturated rings. The van der Waals surface area contributed by atoms with Crippen molar-refractivity contribution in [3.8, 4) is 0 Å². The fourth-order valence-electron chi connectivity index (χ4n) is 1.90. The first-order chi connectivity index (χ1) is 7.12. The van der Waals surface area contributed by atoms with Gasteiger partial charge in [0.15, 0.2) is 0 Å². The van der Waals surface area contributed by atoms with E-state index in [1.165, 1.54) is 17.7 Å². The van der Waals surface area contributed by atoms with Crippen molar-refractivity contribution in [2.45, 2.75) is 51.6 Å². The van der Waals surface area contributed by atoms with Crippen molar-refractivity contribution in [3.63, 3.8) is 0 Å². The molecule has 0 bridgehead atoms. The molecule has 0 N–H and O–H groups in total. The van der Waals surface area contributed by atoms with Crippen LogP contribution >= 0.6 is 11.3 Å². The summed E-state index contributed by atoms with van der Waals surface area (Å²) in [5, 5.41) is 1.16. The van der Waals surface area contributed by atoms with Crippen molar-refractivity contribution in [1.29, 1.82) is 0 Å². The fourth-order valence-corrected chi connectivity index (χ4v) is 2.95. The standard InChI is InChI=1S/C12H19NOS/c1-9(2)10-8-13-11(15-10)12(3)6-4-5-7-14-12/h8-9H,4-7H2,1-3H3. The van der Waals surface area contributed by atoms with E-state index in [0.29, 0.717) is 5.92 Å². The lowest BCUT2D eigenvalue weighted by Gasteiger charge is -2.31. The minimum absolute atomic E-state index is 0.115. The van der Waals surface area contributed by atoms with Crippen LogP contribution in [-0.4, -0.2) is 11.6 Å². The molecular formula is C12H19NOS. The van der Waals surface area contributed by atoms with Gasteiger partial charge in [-0.15, -0.1) is 11.3 Å². The highest BCUT2D eigenvalue weighted by atomic mass is 32.1. The van der Waals surface area contributed by atoms with Gasteiger partial charge in [-0.1, -0.05) is 13.8 Å². The van der Waals surface area contributed by atoms with Crippen molar-refractivity contribution in [2.24, 2.45) is 0 Å². The maximum Gasteiger partial charge on any atom is 0.125 e. The smallest absolute Gasteiger partial charge is 0.125 e. The van der Waals surface area contributed by atoms with Gasteiger partial charge in [-0.3, -0.25) is 0 Å². The number of rotatable bonds is 2. The van der Waals surface area contributed by atoms with E-state index in [1.54, 1.807) is 0 Å². The summed E-state index contributed by atoms with van der Waals surface area (Å²) in [5.74, 6) is 0.573. The third kappa shape index (κ3) is 2.23. The van der Waals surface area contributed by atoms with E-state index in [1.807, 2.05) is 17.5 Å². The molecule has 2 rings (SSSR count). The van der Waals surface area contributed by atoms with E-state index in [4.69, 9.17) is 4.74 Å². The van der Waals surface area contributed by atoms with Crippen LogP contribution in [0.4, 0.5) is 0 Å². The predicted molar refractivity (Wildman–Crippen MR) is 63.4 cm³/mol. The third-order valence-electron chi connectivity index (χ3n) is 3.01. The second-order valence-corrected chi connectivity index (χ2v) is 5.82. The van der Waals surface area contributed by atoms with Gasteiger partial charge in [0.2, 0.25) is 0 Å². The molecule has 0 amide bonds. The Labute approximate surface area is 95.7 Å². The zero-order valence-corrected chi connectivity index (χ0v) is 10.6. The van der Waals surface area contributed by atoms with Gasteiger partial charge in [-0.05, 0) is 32.1 Å². The average Bonchev–Trinajstić information content (AvgIpc) is 2.68. The highest BCUT2D eigenvalue weighted by molar-refractivity contribution is 7.11. The van der Waals surface area contributed by atoms with Gasteiger partial charge in [0.05, 0.1) is 0 Å². The number of aromatic nitrogens is 1. The second-order valence-electron chi connectivity index (χ2n) is 4.76. The quantitative estimate of drug-likeness (QED) is 0.766. The second kappa shape index (κ2) is 4.22. The summed E-state index contributed by atoms with van der Waals surface area (Å²) in [4.78, 5) is 5.89. The van der Waals surface area contributed by atoms with E-state index < -0.39 is 0 Å². The summed E-state index contributed by atoms with van der Waals surface area (Å²) < 4.78 is 5.89. The zero-order chi connectivity index (χ0) is 10.9. The maximum absolute atomic E-state index is 5.89. The Balaban J connectivity index is 2.20. The van der Waals surface area contributed by atoms with Gasteiger partial charge in [-0.2, -0.15) is 0 Å². The van der Waals surface area contributed by atoms with Crippen LogP contribution in [0.5, 0.6) is 0 Å². The normalized spacial score (nSPS) is 27.2. The Bertz CT molecular complexity index is 326. The Morgan fingerprint density at radius 3 is 2.80 bits per heavy atom. The molecule has 0 saturated carbocycles. The van der Waals surface area contributed by atoms with Crippen LogP contribution in [0.15, 0.2) is 6.20 Å². The van der Waals surface area contributed by atoms with E-state index >= 15 is 0 Å². The number of hydrogen-bond acceptors (Lipinski definition) is 3. The summed E-state index contributed by atoms with van der Waals surface area (Å²) >= 11 is 1.81. The molecule has 1 aliphatic rings. The van der Waals surface area contributed by atoms with Crippen LogP contribution in [0.2, 0.25) is 0 Å². The van der Waals surface area contributed by atoms with Crippen LogP contribution in [-0.2, 0) is 10.3 Å². The fraction of sp³-hybridized carbons (Fsp3) is 0.750. The number of ether oxygens (including phenoxy) is 1. The first kappa shape index (κ1) is 11.1. The van der Waals surface area contributed by atoms with Crippen molar-refractivity contribution >= 4 is 11.3 Å². The van der Waals surface area contributed by atoms with Gasteiger partial charge in [0, 0.05) is 17.7 Å². The lowest BCUT2D eigenvalue weighted by molar-refractivity contribution is -0.0702. The third-order valence-corrected chi connectivity index (χ3v) is 4.56. The molecule has 1 aliphatic heterocycles. The van der Waals surface area contributed by atoms with Gasteiger partial charge in [0.1, 0.15) is 10.6 Å². The lowest BCUT2D eigenvalue weighted by Crippen LogP contribution is -2.29. The van der Waals surface area contributed by atoms with Crippen molar-refractivity contribution in [2.75, 3.05) is 6.61 Å². The summed E-state index contributed by atoms with van der Waals surface area (Å²) in [6, 6.07) is 0. The molecule has 3 heteroatoms. The molecule has 84 valence electrons. The van der Waals surface area contributed by atoms with Gasteiger partial charge in [-0.25, -0.2) is 4.98 Å². The molecule has 2 heterocycles. The molecule has 0 spiro atoms. The van der Waals surface area contributed by atoms with Gasteiger partial charge in [0.25, 0.3) is 0 Å². The topological polar surface area (TPSA) is 22.1 Å². The molecular weight excluding hydrogens is 206 g/mol. The first-order valence-corrected chi connectivity index (χ1v) is 6.53. The Morgan fingerprint density at radius 2 is 2.27 bits per heavy atom. The van der Waals surface area contributed by atoms with Crippen molar-refractivity contribution in [1.82, 2.24) is 4.98 Å². The molecule has 2 nitrogen and oxygen atoms in total. The summed E-state index contributed by atoms with van der Waals surface area (Å²) in [6.07, 6.45) is 5.57. The average molecular weight is 225 g/mol. The number of thiazole rings is 1.